The molecular weight excluding hydrogens is 454 g/mol. The summed E-state index contributed by atoms with van der Waals surface area (Å²) in [6.07, 6.45) is 0.952. The summed E-state index contributed by atoms with van der Waals surface area (Å²) in [5.41, 5.74) is -0.0374. The van der Waals surface area contributed by atoms with E-state index >= 15 is 0 Å². The molecule has 11 heteroatoms. The molecule has 11 nitrogen and oxygen atoms in total. The van der Waals surface area contributed by atoms with Crippen LogP contribution in [0.4, 0.5) is 4.79 Å². The Bertz CT molecular complexity index is 1070. The van der Waals surface area contributed by atoms with Crippen LogP contribution in [-0.2, 0) is 27.4 Å². The molecule has 1 aromatic heterocycles. The van der Waals surface area contributed by atoms with Crippen molar-refractivity contribution in [2.75, 3.05) is 33.0 Å². The number of aromatic nitrogens is 2. The number of aryl methyl sites for hydroxylation is 1. The number of amides is 2. The lowest BCUT2D eigenvalue weighted by Gasteiger charge is -2.22. The van der Waals surface area contributed by atoms with Crippen molar-refractivity contribution in [2.24, 2.45) is 0 Å². The maximum absolute atomic E-state index is 12.5. The summed E-state index contributed by atoms with van der Waals surface area (Å²) in [7, 11) is 0. The number of hydrogen-bond acceptors (Lipinski definition) is 7. The van der Waals surface area contributed by atoms with Gasteiger partial charge in [0.05, 0.1) is 26.4 Å². The lowest BCUT2D eigenvalue weighted by Crippen LogP contribution is -2.42. The van der Waals surface area contributed by atoms with Crippen molar-refractivity contribution in [3.8, 4) is 0 Å². The predicted molar refractivity (Wildman–Crippen MR) is 131 cm³/mol. The summed E-state index contributed by atoms with van der Waals surface area (Å²) in [4.78, 5) is 51.6. The van der Waals surface area contributed by atoms with E-state index in [-0.39, 0.29) is 45.4 Å². The fourth-order valence-electron chi connectivity index (χ4n) is 3.07. The molecule has 0 fully saturated rings. The van der Waals surface area contributed by atoms with Crippen LogP contribution in [0.5, 0.6) is 0 Å². The maximum atomic E-state index is 12.5. The molecule has 2 rings (SSSR count). The molecule has 0 unspecified atom stereocenters. The third kappa shape index (κ3) is 11.0. The van der Waals surface area contributed by atoms with Gasteiger partial charge in [-0.25, -0.2) is 9.59 Å². The summed E-state index contributed by atoms with van der Waals surface area (Å²) in [6, 6.07) is 9.67. The van der Waals surface area contributed by atoms with Gasteiger partial charge in [0, 0.05) is 31.4 Å². The van der Waals surface area contributed by atoms with Crippen LogP contribution >= 0.6 is 0 Å². The molecule has 0 atom stereocenters. The number of hydrogen-bond donors (Lipinski definition) is 3. The highest BCUT2D eigenvalue weighted by Gasteiger charge is 2.16. The van der Waals surface area contributed by atoms with Crippen LogP contribution in [-0.4, -0.2) is 65.0 Å². The largest absolute Gasteiger partial charge is 0.444 e. The summed E-state index contributed by atoms with van der Waals surface area (Å²) < 4.78 is 12.3. The fourth-order valence-corrected chi connectivity index (χ4v) is 3.07. The minimum atomic E-state index is -0.588. The highest BCUT2D eigenvalue weighted by molar-refractivity contribution is 5.78. The number of H-pyrrole nitrogens is 1. The molecule has 2 aromatic rings. The van der Waals surface area contributed by atoms with E-state index in [1.165, 1.54) is 10.8 Å². The van der Waals surface area contributed by atoms with E-state index in [1.54, 1.807) is 27.7 Å². The van der Waals surface area contributed by atoms with Gasteiger partial charge in [0.15, 0.2) is 0 Å². The third-order valence-corrected chi connectivity index (χ3v) is 4.67. The van der Waals surface area contributed by atoms with Gasteiger partial charge in [-0.15, -0.1) is 0 Å². The van der Waals surface area contributed by atoms with Gasteiger partial charge in [0.25, 0.3) is 5.56 Å². The molecule has 1 heterocycles. The van der Waals surface area contributed by atoms with E-state index in [1.807, 2.05) is 35.2 Å². The fraction of sp³-hybridized carbons (Fsp3) is 0.500. The third-order valence-electron chi connectivity index (χ3n) is 4.67. The Labute approximate surface area is 204 Å². The minimum absolute atomic E-state index is 0.0824. The molecule has 0 radical (unpaired) electrons. The zero-order valence-corrected chi connectivity index (χ0v) is 20.8. The van der Waals surface area contributed by atoms with Crippen molar-refractivity contribution >= 4 is 12.0 Å². The zero-order valence-electron chi connectivity index (χ0n) is 20.8. The molecule has 0 aliphatic carbocycles. The van der Waals surface area contributed by atoms with Gasteiger partial charge in [-0.2, -0.15) is 0 Å². The summed E-state index contributed by atoms with van der Waals surface area (Å²) in [5.74, 6) is -0.219. The highest BCUT2D eigenvalue weighted by atomic mass is 16.6. The van der Waals surface area contributed by atoms with Crippen LogP contribution in [0.3, 0.4) is 0 Å². The molecule has 0 bridgehead atoms. The monoisotopic (exact) mass is 489 g/mol. The SMILES string of the molecule is Cc1cn(CCOCN(CC(=O)NCCNC(=O)OC(C)(C)C)Cc2ccccc2)c(=O)[nH]c1=O. The van der Waals surface area contributed by atoms with Gasteiger partial charge < -0.3 is 20.1 Å². The number of rotatable bonds is 12. The number of benzene rings is 1. The number of carbonyl (C=O) groups excluding carboxylic acids is 2. The van der Waals surface area contributed by atoms with E-state index in [2.05, 4.69) is 15.6 Å². The smallest absolute Gasteiger partial charge is 0.407 e. The maximum Gasteiger partial charge on any atom is 0.407 e. The van der Waals surface area contributed by atoms with Gasteiger partial charge in [0.2, 0.25) is 5.91 Å². The minimum Gasteiger partial charge on any atom is -0.444 e. The van der Waals surface area contributed by atoms with E-state index in [0.29, 0.717) is 12.1 Å². The molecule has 35 heavy (non-hydrogen) atoms. The second kappa shape index (κ2) is 13.4. The summed E-state index contributed by atoms with van der Waals surface area (Å²) >= 11 is 0. The number of nitrogens with one attached hydrogen (secondary N) is 3. The van der Waals surface area contributed by atoms with Gasteiger partial charge in [0.1, 0.15) is 5.60 Å². The van der Waals surface area contributed by atoms with Crippen molar-refractivity contribution in [1.82, 2.24) is 25.1 Å². The van der Waals surface area contributed by atoms with Crippen molar-refractivity contribution < 1.29 is 19.1 Å². The number of ether oxygens (including phenoxy) is 2. The standard InChI is InChI=1S/C24H35N5O6/c1-18-14-29(22(32)27-21(18)31)12-13-34-17-28(15-19-8-6-5-7-9-19)16-20(30)25-10-11-26-23(33)35-24(2,3)4/h5-9,14H,10-13,15-17H2,1-4H3,(H,25,30)(H,26,33)(H,27,31,32). The second-order valence-corrected chi connectivity index (χ2v) is 9.05. The highest BCUT2D eigenvalue weighted by Crippen LogP contribution is 2.06. The van der Waals surface area contributed by atoms with Crippen molar-refractivity contribution in [2.45, 2.75) is 46.4 Å². The zero-order chi connectivity index (χ0) is 25.8. The van der Waals surface area contributed by atoms with Crippen LogP contribution in [0.15, 0.2) is 46.1 Å². The lowest BCUT2D eigenvalue weighted by molar-refractivity contribution is -0.124. The second-order valence-electron chi connectivity index (χ2n) is 9.05. The van der Waals surface area contributed by atoms with E-state index in [4.69, 9.17) is 9.47 Å². The van der Waals surface area contributed by atoms with Gasteiger partial charge in [-0.05, 0) is 33.3 Å². The Morgan fingerprint density at radius 3 is 2.46 bits per heavy atom. The Morgan fingerprint density at radius 2 is 1.77 bits per heavy atom. The normalized spacial score (nSPS) is 11.3. The number of nitrogens with zero attached hydrogens (tertiary/aromatic N) is 2. The van der Waals surface area contributed by atoms with Crippen LogP contribution in [0.1, 0.15) is 31.9 Å². The number of aromatic amines is 1. The van der Waals surface area contributed by atoms with Crippen LogP contribution in [0, 0.1) is 6.92 Å². The Balaban J connectivity index is 1.83. The molecule has 0 saturated heterocycles. The van der Waals surface area contributed by atoms with Crippen molar-refractivity contribution in [1.29, 1.82) is 0 Å². The molecule has 0 aliphatic heterocycles. The van der Waals surface area contributed by atoms with E-state index in [9.17, 15) is 19.2 Å². The first-order valence-corrected chi connectivity index (χ1v) is 11.4. The molecule has 1 aromatic carbocycles. The average Bonchev–Trinajstić information content (AvgIpc) is 2.77. The molecule has 3 N–H and O–H groups in total. The molecular formula is C24H35N5O6. The Morgan fingerprint density at radius 1 is 1.09 bits per heavy atom. The molecule has 0 aliphatic rings. The Kier molecular flexibility index (Phi) is 10.7. The lowest BCUT2D eigenvalue weighted by atomic mass is 10.2. The van der Waals surface area contributed by atoms with E-state index < -0.39 is 22.9 Å². The quantitative estimate of drug-likeness (QED) is 0.299. The molecule has 192 valence electrons. The number of alkyl carbamates (subject to hydrolysis) is 1. The molecule has 0 spiro atoms. The molecule has 2 amide bonds. The summed E-state index contributed by atoms with van der Waals surface area (Å²) in [6.45, 7) is 8.66. The van der Waals surface area contributed by atoms with E-state index in [0.717, 1.165) is 5.56 Å². The first-order chi connectivity index (χ1) is 16.5. The topological polar surface area (TPSA) is 135 Å². The predicted octanol–water partition coefficient (Wildman–Crippen LogP) is 0.962. The van der Waals surface area contributed by atoms with Crippen molar-refractivity contribution in [3.05, 3.63) is 68.5 Å². The van der Waals surface area contributed by atoms with Crippen LogP contribution < -0.4 is 21.9 Å². The first kappa shape index (κ1) is 27.8. The van der Waals surface area contributed by atoms with Crippen LogP contribution in [0.25, 0.3) is 0 Å². The number of carbonyl (C=O) groups is 2. The Hall–Kier alpha value is -3.44. The summed E-state index contributed by atoms with van der Waals surface area (Å²) in [5, 5.41) is 5.36. The van der Waals surface area contributed by atoms with Gasteiger partial charge in [-0.1, -0.05) is 30.3 Å². The van der Waals surface area contributed by atoms with Crippen molar-refractivity contribution in [3.63, 3.8) is 0 Å². The molecule has 0 saturated carbocycles. The van der Waals surface area contributed by atoms with Gasteiger partial charge >= 0.3 is 11.8 Å². The van der Waals surface area contributed by atoms with Gasteiger partial charge in [-0.3, -0.25) is 24.0 Å². The first-order valence-electron chi connectivity index (χ1n) is 11.4. The average molecular weight is 490 g/mol. The van der Waals surface area contributed by atoms with Crippen LogP contribution in [0.2, 0.25) is 0 Å².